The zero-order valence-corrected chi connectivity index (χ0v) is 15.3. The summed E-state index contributed by atoms with van der Waals surface area (Å²) in [5.41, 5.74) is -1.58. The lowest BCUT2D eigenvalue weighted by Gasteiger charge is -2.16. The van der Waals surface area contributed by atoms with Gasteiger partial charge in [-0.05, 0) is 36.4 Å². The summed E-state index contributed by atoms with van der Waals surface area (Å²) >= 11 is 0. The molecule has 1 aromatic heterocycles. The van der Waals surface area contributed by atoms with Gasteiger partial charge in [0.1, 0.15) is 11.6 Å². The monoisotopic (exact) mass is 423 g/mol. The van der Waals surface area contributed by atoms with Crippen LogP contribution in [0.15, 0.2) is 54.7 Å². The number of nitrogens with zero attached hydrogens (tertiary/aromatic N) is 1. The molecule has 30 heavy (non-hydrogen) atoms. The van der Waals surface area contributed by atoms with Crippen molar-refractivity contribution in [2.24, 2.45) is 0 Å². The number of carbonyl (C=O) groups is 1. The predicted octanol–water partition coefficient (Wildman–Crippen LogP) is 5.38. The van der Waals surface area contributed by atoms with Gasteiger partial charge in [0.15, 0.2) is 0 Å². The van der Waals surface area contributed by atoms with Gasteiger partial charge in [-0.2, -0.15) is 13.2 Å². The van der Waals surface area contributed by atoms with E-state index in [0.717, 1.165) is 24.3 Å². The van der Waals surface area contributed by atoms with Gasteiger partial charge >= 0.3 is 6.18 Å². The van der Waals surface area contributed by atoms with Gasteiger partial charge in [0.05, 0.1) is 41.5 Å². The lowest BCUT2D eigenvalue weighted by molar-refractivity contribution is -0.137. The SMILES string of the molecule is COc1ccc(NC(=O)c2ccc(C(F)(F)F)cc2Nc2ccc(F)cc2F)cn1. The molecule has 0 saturated heterocycles. The van der Waals surface area contributed by atoms with Crippen LogP contribution in [0.1, 0.15) is 15.9 Å². The van der Waals surface area contributed by atoms with Crippen molar-refractivity contribution in [3.05, 3.63) is 77.5 Å². The number of amides is 1. The van der Waals surface area contributed by atoms with Crippen molar-refractivity contribution in [3.8, 4) is 5.88 Å². The van der Waals surface area contributed by atoms with Crippen LogP contribution in [0, 0.1) is 11.6 Å². The van der Waals surface area contributed by atoms with E-state index >= 15 is 0 Å². The summed E-state index contributed by atoms with van der Waals surface area (Å²) in [6, 6.07) is 7.84. The maximum absolute atomic E-state index is 14.0. The molecule has 2 aromatic carbocycles. The van der Waals surface area contributed by atoms with E-state index in [1.165, 1.54) is 25.4 Å². The zero-order valence-electron chi connectivity index (χ0n) is 15.3. The lowest BCUT2D eigenvalue weighted by Crippen LogP contribution is -2.16. The van der Waals surface area contributed by atoms with Crippen molar-refractivity contribution in [1.29, 1.82) is 0 Å². The summed E-state index contributed by atoms with van der Waals surface area (Å²) in [6.45, 7) is 0. The molecule has 0 spiro atoms. The summed E-state index contributed by atoms with van der Waals surface area (Å²) in [5.74, 6) is -2.34. The van der Waals surface area contributed by atoms with E-state index in [-0.39, 0.29) is 22.6 Å². The Hall–Kier alpha value is -3.69. The van der Waals surface area contributed by atoms with Crippen LogP contribution in [0.5, 0.6) is 5.88 Å². The second-order valence-corrected chi connectivity index (χ2v) is 6.05. The maximum Gasteiger partial charge on any atom is 0.416 e. The fourth-order valence-corrected chi connectivity index (χ4v) is 2.53. The normalized spacial score (nSPS) is 11.1. The van der Waals surface area contributed by atoms with Gasteiger partial charge in [-0.25, -0.2) is 13.8 Å². The third kappa shape index (κ3) is 4.83. The lowest BCUT2D eigenvalue weighted by atomic mass is 10.1. The molecule has 1 heterocycles. The van der Waals surface area contributed by atoms with Crippen LogP contribution in [-0.2, 0) is 6.18 Å². The Bertz CT molecular complexity index is 1070. The van der Waals surface area contributed by atoms with Crippen LogP contribution in [-0.4, -0.2) is 18.0 Å². The molecule has 0 bridgehead atoms. The maximum atomic E-state index is 14.0. The van der Waals surface area contributed by atoms with Gasteiger partial charge in [-0.15, -0.1) is 0 Å². The number of carbonyl (C=O) groups excluding carboxylic acids is 1. The number of alkyl halides is 3. The van der Waals surface area contributed by atoms with Crippen molar-refractivity contribution < 1.29 is 31.5 Å². The third-order valence-electron chi connectivity index (χ3n) is 4.00. The van der Waals surface area contributed by atoms with E-state index < -0.39 is 29.3 Å². The number of halogens is 5. The minimum atomic E-state index is -4.69. The molecule has 0 fully saturated rings. The van der Waals surface area contributed by atoms with Gasteiger partial charge in [0, 0.05) is 12.1 Å². The van der Waals surface area contributed by atoms with E-state index in [0.29, 0.717) is 18.0 Å². The van der Waals surface area contributed by atoms with Crippen LogP contribution in [0.25, 0.3) is 0 Å². The summed E-state index contributed by atoms with van der Waals surface area (Å²) in [5, 5.41) is 4.91. The second-order valence-electron chi connectivity index (χ2n) is 6.05. The molecule has 0 saturated carbocycles. The van der Waals surface area contributed by atoms with Gasteiger partial charge in [0.25, 0.3) is 5.91 Å². The van der Waals surface area contributed by atoms with Crippen LogP contribution in [0.2, 0.25) is 0 Å². The van der Waals surface area contributed by atoms with Crippen LogP contribution in [0.4, 0.5) is 39.0 Å². The molecular weight excluding hydrogens is 409 g/mol. The smallest absolute Gasteiger partial charge is 0.416 e. The van der Waals surface area contributed by atoms with E-state index in [9.17, 15) is 26.7 Å². The number of aromatic nitrogens is 1. The topological polar surface area (TPSA) is 63.2 Å². The molecule has 0 aliphatic carbocycles. The van der Waals surface area contributed by atoms with E-state index in [2.05, 4.69) is 15.6 Å². The number of hydrogen-bond acceptors (Lipinski definition) is 4. The Kier molecular flexibility index (Phi) is 5.86. The number of ether oxygens (including phenoxy) is 1. The molecule has 10 heteroatoms. The Balaban J connectivity index is 1.96. The average Bonchev–Trinajstić information content (AvgIpc) is 2.70. The van der Waals surface area contributed by atoms with Gasteiger partial charge in [0.2, 0.25) is 5.88 Å². The molecule has 3 aromatic rings. The van der Waals surface area contributed by atoms with E-state index in [1.807, 2.05) is 0 Å². The largest absolute Gasteiger partial charge is 0.481 e. The zero-order chi connectivity index (χ0) is 21.9. The third-order valence-corrected chi connectivity index (χ3v) is 4.00. The van der Waals surface area contributed by atoms with Gasteiger partial charge in [-0.1, -0.05) is 0 Å². The molecule has 1 amide bonds. The fourth-order valence-electron chi connectivity index (χ4n) is 2.53. The highest BCUT2D eigenvalue weighted by molar-refractivity contribution is 6.08. The first-order valence-corrected chi connectivity index (χ1v) is 8.42. The number of methoxy groups -OCH3 is 1. The van der Waals surface area contributed by atoms with Crippen molar-refractivity contribution in [2.75, 3.05) is 17.7 Å². The minimum absolute atomic E-state index is 0.192. The Morgan fingerprint density at radius 3 is 2.37 bits per heavy atom. The number of nitrogens with one attached hydrogen (secondary N) is 2. The molecule has 0 unspecified atom stereocenters. The van der Waals surface area contributed by atoms with E-state index in [1.54, 1.807) is 0 Å². The summed E-state index contributed by atoms with van der Waals surface area (Å²) in [6.07, 6.45) is -3.39. The highest BCUT2D eigenvalue weighted by atomic mass is 19.4. The van der Waals surface area contributed by atoms with Crippen molar-refractivity contribution in [1.82, 2.24) is 4.98 Å². The number of hydrogen-bond donors (Lipinski definition) is 2. The van der Waals surface area contributed by atoms with Crippen LogP contribution < -0.4 is 15.4 Å². The summed E-state index contributed by atoms with van der Waals surface area (Å²) in [4.78, 5) is 16.5. The van der Waals surface area contributed by atoms with Gasteiger partial charge < -0.3 is 15.4 Å². The Labute approximate surface area is 167 Å². The highest BCUT2D eigenvalue weighted by Crippen LogP contribution is 2.34. The molecule has 0 aliphatic heterocycles. The molecule has 5 nitrogen and oxygen atoms in total. The fraction of sp³-hybridized carbons (Fsp3) is 0.100. The number of rotatable bonds is 5. The highest BCUT2D eigenvalue weighted by Gasteiger charge is 2.31. The molecule has 0 atom stereocenters. The molecule has 2 N–H and O–H groups in total. The predicted molar refractivity (Wildman–Crippen MR) is 99.8 cm³/mol. The van der Waals surface area contributed by atoms with Crippen molar-refractivity contribution in [2.45, 2.75) is 6.18 Å². The van der Waals surface area contributed by atoms with Gasteiger partial charge in [-0.3, -0.25) is 4.79 Å². The number of anilines is 3. The first kappa shape index (κ1) is 21.0. The minimum Gasteiger partial charge on any atom is -0.481 e. The molecule has 156 valence electrons. The van der Waals surface area contributed by atoms with Crippen molar-refractivity contribution in [3.63, 3.8) is 0 Å². The Morgan fingerprint density at radius 2 is 1.77 bits per heavy atom. The standard InChI is InChI=1S/C20H14F5N3O2/c1-30-18-7-4-13(10-26-18)27-19(29)14-5-2-11(20(23,24)25)8-17(14)28-16-6-3-12(21)9-15(16)22/h2-10,28H,1H3,(H,27,29). The molecule has 0 radical (unpaired) electrons. The first-order valence-electron chi connectivity index (χ1n) is 8.42. The second kappa shape index (κ2) is 8.36. The molecule has 3 rings (SSSR count). The first-order chi connectivity index (χ1) is 14.2. The van der Waals surface area contributed by atoms with E-state index in [4.69, 9.17) is 4.74 Å². The van der Waals surface area contributed by atoms with Crippen LogP contribution in [0.3, 0.4) is 0 Å². The van der Waals surface area contributed by atoms with Crippen LogP contribution >= 0.6 is 0 Å². The summed E-state index contributed by atoms with van der Waals surface area (Å²) in [7, 11) is 1.41. The molecule has 0 aliphatic rings. The number of benzene rings is 2. The molecular formula is C20H14F5N3O2. The summed E-state index contributed by atoms with van der Waals surface area (Å²) < 4.78 is 71.4. The quantitative estimate of drug-likeness (QED) is 0.541. The van der Waals surface area contributed by atoms with Crippen molar-refractivity contribution >= 4 is 23.0 Å². The number of pyridine rings is 1. The average molecular weight is 423 g/mol. The Morgan fingerprint density at radius 1 is 1.00 bits per heavy atom.